The van der Waals surface area contributed by atoms with E-state index in [1.54, 1.807) is 0 Å². The third kappa shape index (κ3) is 0.781. The fourth-order valence-electron chi connectivity index (χ4n) is 2.54. The molecular formula is C9H7F4N3. The van der Waals surface area contributed by atoms with Crippen molar-refractivity contribution < 1.29 is 17.6 Å². The summed E-state index contributed by atoms with van der Waals surface area (Å²) in [5, 5.41) is 5.29. The van der Waals surface area contributed by atoms with Gasteiger partial charge in [0.2, 0.25) is 0 Å². The lowest BCUT2D eigenvalue weighted by molar-refractivity contribution is -0.0389. The lowest BCUT2D eigenvalue weighted by Gasteiger charge is -2.17. The van der Waals surface area contributed by atoms with Gasteiger partial charge in [-0.2, -0.15) is 13.9 Å². The molecule has 86 valence electrons. The molecule has 2 aliphatic carbocycles. The summed E-state index contributed by atoms with van der Waals surface area (Å²) in [6.45, 7) is 3.13. The van der Waals surface area contributed by atoms with Crippen molar-refractivity contribution in [3.05, 3.63) is 17.0 Å². The van der Waals surface area contributed by atoms with Gasteiger partial charge in [-0.25, -0.2) is 8.78 Å². The Morgan fingerprint density at radius 1 is 1.50 bits per heavy atom. The third-order valence-electron chi connectivity index (χ3n) is 3.46. The smallest absolute Gasteiger partial charge is 0.287 e. The number of halogens is 4. The molecule has 16 heavy (non-hydrogen) atoms. The van der Waals surface area contributed by atoms with Crippen LogP contribution in [0.3, 0.4) is 0 Å². The standard InChI is InChI=1S/C9H7F4N3/c1-14-8-2-3(8)4-5(7(10)11)15-16-6(4)9(8,12)13/h3,7H,1-2H2,(H,15,16)/t3-,8+/m1/s1. The Morgan fingerprint density at radius 3 is 2.75 bits per heavy atom. The summed E-state index contributed by atoms with van der Waals surface area (Å²) in [5.41, 5.74) is -2.79. The molecule has 0 unspecified atom stereocenters. The van der Waals surface area contributed by atoms with Gasteiger partial charge in [0.15, 0.2) is 0 Å². The van der Waals surface area contributed by atoms with Gasteiger partial charge >= 0.3 is 5.92 Å². The number of aliphatic imine (C=N–C) groups is 1. The van der Waals surface area contributed by atoms with Crippen LogP contribution in [0.5, 0.6) is 0 Å². The Bertz CT molecular complexity index is 481. The Hall–Kier alpha value is -1.40. The van der Waals surface area contributed by atoms with Crippen molar-refractivity contribution in [2.75, 3.05) is 0 Å². The van der Waals surface area contributed by atoms with Crippen molar-refractivity contribution in [1.82, 2.24) is 10.2 Å². The van der Waals surface area contributed by atoms with Gasteiger partial charge < -0.3 is 0 Å². The lowest BCUT2D eigenvalue weighted by atomic mass is 10.1. The van der Waals surface area contributed by atoms with Crippen molar-refractivity contribution >= 4 is 6.72 Å². The zero-order valence-electron chi connectivity index (χ0n) is 7.98. The Kier molecular flexibility index (Phi) is 1.51. The summed E-state index contributed by atoms with van der Waals surface area (Å²) in [5.74, 6) is -3.96. The van der Waals surface area contributed by atoms with Gasteiger partial charge in [-0.3, -0.25) is 10.1 Å². The molecule has 1 fully saturated rings. The van der Waals surface area contributed by atoms with Crippen molar-refractivity contribution in [3.63, 3.8) is 0 Å². The number of hydrogen-bond acceptors (Lipinski definition) is 2. The molecule has 0 aliphatic heterocycles. The second-order valence-corrected chi connectivity index (χ2v) is 4.11. The van der Waals surface area contributed by atoms with Crippen LogP contribution in [0.2, 0.25) is 0 Å². The van der Waals surface area contributed by atoms with Crippen LogP contribution in [0, 0.1) is 0 Å². The number of alkyl halides is 4. The van der Waals surface area contributed by atoms with E-state index in [-0.39, 0.29) is 12.0 Å². The highest BCUT2D eigenvalue weighted by atomic mass is 19.3. The third-order valence-corrected chi connectivity index (χ3v) is 3.46. The SMILES string of the molecule is C=N[C@@]12C[C@@H]1c1c(n[nH]c1C(F)F)C2(F)F. The summed E-state index contributed by atoms with van der Waals surface area (Å²) in [6.07, 6.45) is -2.76. The number of nitrogens with zero attached hydrogens (tertiary/aromatic N) is 2. The maximum atomic E-state index is 13.8. The summed E-state index contributed by atoms with van der Waals surface area (Å²) in [4.78, 5) is 3.43. The van der Waals surface area contributed by atoms with E-state index in [1.165, 1.54) is 0 Å². The highest BCUT2D eigenvalue weighted by molar-refractivity contribution is 5.54. The van der Waals surface area contributed by atoms with Gasteiger partial charge in [-0.1, -0.05) is 0 Å². The number of H-pyrrole nitrogens is 1. The molecule has 1 saturated carbocycles. The van der Waals surface area contributed by atoms with Crippen molar-refractivity contribution in [1.29, 1.82) is 0 Å². The van der Waals surface area contributed by atoms with Crippen LogP contribution in [-0.4, -0.2) is 22.5 Å². The van der Waals surface area contributed by atoms with E-state index >= 15 is 0 Å². The van der Waals surface area contributed by atoms with Crippen molar-refractivity contribution in [2.24, 2.45) is 4.99 Å². The molecule has 0 saturated heterocycles. The molecule has 2 aliphatic rings. The highest BCUT2D eigenvalue weighted by Crippen LogP contribution is 2.72. The molecular weight excluding hydrogens is 226 g/mol. The van der Waals surface area contributed by atoms with Crippen LogP contribution < -0.4 is 0 Å². The first-order valence-corrected chi connectivity index (χ1v) is 4.68. The van der Waals surface area contributed by atoms with Crippen LogP contribution in [-0.2, 0) is 5.92 Å². The zero-order valence-corrected chi connectivity index (χ0v) is 7.98. The molecule has 0 amide bonds. The minimum Gasteiger partial charge on any atom is -0.287 e. The van der Waals surface area contributed by atoms with Gasteiger partial charge in [0, 0.05) is 11.5 Å². The normalized spacial score (nSPS) is 33.7. The molecule has 7 heteroatoms. The topological polar surface area (TPSA) is 41.0 Å². The maximum Gasteiger partial charge on any atom is 0.316 e. The van der Waals surface area contributed by atoms with E-state index in [0.29, 0.717) is 0 Å². The molecule has 1 aromatic rings. The Morgan fingerprint density at radius 2 is 2.19 bits per heavy atom. The van der Waals surface area contributed by atoms with E-state index in [1.807, 2.05) is 5.10 Å². The minimum absolute atomic E-state index is 0.0626. The number of aromatic nitrogens is 2. The molecule has 1 heterocycles. The first-order chi connectivity index (χ1) is 7.45. The van der Waals surface area contributed by atoms with Crippen LogP contribution in [0.1, 0.15) is 35.7 Å². The average Bonchev–Trinajstić information content (AvgIpc) is 2.73. The highest BCUT2D eigenvalue weighted by Gasteiger charge is 2.78. The van der Waals surface area contributed by atoms with Gasteiger partial charge in [-0.05, 0) is 13.1 Å². The van der Waals surface area contributed by atoms with Crippen molar-refractivity contribution in [3.8, 4) is 0 Å². The average molecular weight is 233 g/mol. The molecule has 0 spiro atoms. The first kappa shape index (κ1) is 9.80. The van der Waals surface area contributed by atoms with E-state index in [4.69, 9.17) is 0 Å². The van der Waals surface area contributed by atoms with Crippen LogP contribution in [0.25, 0.3) is 0 Å². The molecule has 3 rings (SSSR count). The molecule has 0 aromatic carbocycles. The van der Waals surface area contributed by atoms with Gasteiger partial charge in [0.25, 0.3) is 6.43 Å². The largest absolute Gasteiger partial charge is 0.316 e. The van der Waals surface area contributed by atoms with Gasteiger partial charge in [-0.15, -0.1) is 0 Å². The molecule has 1 N–H and O–H groups in total. The second kappa shape index (κ2) is 2.46. The Labute approximate surface area is 87.6 Å². The fourth-order valence-corrected chi connectivity index (χ4v) is 2.54. The fraction of sp³-hybridized carbons (Fsp3) is 0.556. The number of rotatable bonds is 2. The van der Waals surface area contributed by atoms with Gasteiger partial charge in [0.1, 0.15) is 16.9 Å². The minimum atomic E-state index is -3.29. The number of hydrogen-bond donors (Lipinski definition) is 1. The summed E-state index contributed by atoms with van der Waals surface area (Å²) >= 11 is 0. The number of fused-ring (bicyclic) bond motifs is 3. The number of aromatic amines is 1. The molecule has 3 nitrogen and oxygen atoms in total. The molecule has 1 aromatic heterocycles. The van der Waals surface area contributed by atoms with Crippen LogP contribution >= 0.6 is 0 Å². The predicted octanol–water partition coefficient (Wildman–Crippen LogP) is 2.38. The summed E-state index contributed by atoms with van der Waals surface area (Å²) in [6, 6.07) is 0. The van der Waals surface area contributed by atoms with E-state index in [9.17, 15) is 17.6 Å². The maximum absolute atomic E-state index is 13.8. The lowest BCUT2D eigenvalue weighted by Crippen LogP contribution is -2.29. The summed E-state index contributed by atoms with van der Waals surface area (Å²) in [7, 11) is 0. The molecule has 0 bridgehead atoms. The molecule has 2 atom stereocenters. The van der Waals surface area contributed by atoms with Gasteiger partial charge in [0.05, 0.1) is 0 Å². The van der Waals surface area contributed by atoms with E-state index < -0.39 is 35.2 Å². The monoisotopic (exact) mass is 233 g/mol. The van der Waals surface area contributed by atoms with Crippen molar-refractivity contribution in [2.45, 2.75) is 30.2 Å². The summed E-state index contributed by atoms with van der Waals surface area (Å²) < 4.78 is 52.8. The zero-order chi connectivity index (χ0) is 11.7. The predicted molar refractivity (Wildman–Crippen MR) is 47.1 cm³/mol. The second-order valence-electron chi connectivity index (χ2n) is 4.11. The van der Waals surface area contributed by atoms with E-state index in [0.717, 1.165) is 0 Å². The number of nitrogens with one attached hydrogen (secondary N) is 1. The first-order valence-electron chi connectivity index (χ1n) is 4.68. The molecule has 0 radical (unpaired) electrons. The Balaban J connectivity index is 2.20. The quantitative estimate of drug-likeness (QED) is 0.618. The van der Waals surface area contributed by atoms with E-state index in [2.05, 4.69) is 16.8 Å². The van der Waals surface area contributed by atoms with Crippen LogP contribution in [0.15, 0.2) is 4.99 Å². The van der Waals surface area contributed by atoms with Crippen LogP contribution in [0.4, 0.5) is 17.6 Å².